The van der Waals surface area contributed by atoms with Crippen molar-refractivity contribution in [2.75, 3.05) is 7.05 Å². The lowest BCUT2D eigenvalue weighted by Gasteiger charge is -2.19. The van der Waals surface area contributed by atoms with Gasteiger partial charge in [-0.05, 0) is 37.2 Å². The molecule has 0 spiro atoms. The smallest absolute Gasteiger partial charge is 0.130 e. The van der Waals surface area contributed by atoms with E-state index < -0.39 is 11.6 Å². The van der Waals surface area contributed by atoms with Crippen LogP contribution >= 0.6 is 23.2 Å². The van der Waals surface area contributed by atoms with Crippen molar-refractivity contribution in [1.29, 1.82) is 0 Å². The first-order chi connectivity index (χ1) is 9.52. The molecule has 0 heterocycles. The Kier molecular flexibility index (Phi) is 4.97. The van der Waals surface area contributed by atoms with E-state index in [1.54, 1.807) is 25.2 Å². The van der Waals surface area contributed by atoms with Crippen molar-refractivity contribution in [1.82, 2.24) is 5.32 Å². The van der Waals surface area contributed by atoms with Gasteiger partial charge in [-0.25, -0.2) is 8.78 Å². The van der Waals surface area contributed by atoms with Crippen LogP contribution in [0.2, 0.25) is 10.0 Å². The van der Waals surface area contributed by atoms with Gasteiger partial charge >= 0.3 is 0 Å². The highest BCUT2D eigenvalue weighted by Gasteiger charge is 2.18. The fraction of sp³-hybridized carbons (Fsp3) is 0.200. The fourth-order valence-corrected chi connectivity index (χ4v) is 2.63. The Morgan fingerprint density at radius 2 is 1.75 bits per heavy atom. The minimum absolute atomic E-state index is 0.340. The van der Waals surface area contributed by atoms with Crippen molar-refractivity contribution in [3.63, 3.8) is 0 Å². The molecule has 106 valence electrons. The third-order valence-electron chi connectivity index (χ3n) is 3.16. The summed E-state index contributed by atoms with van der Waals surface area (Å²) in [5.74, 6) is -1.19. The number of likely N-dealkylation sites (N-methyl/N-ethyl adjacent to an activating group) is 1. The van der Waals surface area contributed by atoms with E-state index in [-0.39, 0.29) is 6.04 Å². The van der Waals surface area contributed by atoms with Crippen molar-refractivity contribution in [2.45, 2.75) is 12.5 Å². The molecular formula is C15H13Cl2F2N. The van der Waals surface area contributed by atoms with Crippen LogP contribution in [0.3, 0.4) is 0 Å². The van der Waals surface area contributed by atoms with Gasteiger partial charge in [-0.3, -0.25) is 0 Å². The highest BCUT2D eigenvalue weighted by Crippen LogP contribution is 2.30. The van der Waals surface area contributed by atoms with Crippen LogP contribution in [0.5, 0.6) is 0 Å². The summed E-state index contributed by atoms with van der Waals surface area (Å²) in [7, 11) is 1.71. The quantitative estimate of drug-likeness (QED) is 0.856. The Morgan fingerprint density at radius 3 is 2.30 bits per heavy atom. The zero-order valence-electron chi connectivity index (χ0n) is 10.8. The lowest BCUT2D eigenvalue weighted by molar-refractivity contribution is 0.521. The summed E-state index contributed by atoms with van der Waals surface area (Å²) in [6.07, 6.45) is 0.414. The molecule has 2 rings (SSSR count). The maximum Gasteiger partial charge on any atom is 0.130 e. The molecule has 5 heteroatoms. The number of halogens is 4. The molecule has 0 saturated heterocycles. The van der Waals surface area contributed by atoms with E-state index in [9.17, 15) is 8.78 Å². The first kappa shape index (κ1) is 15.2. The van der Waals surface area contributed by atoms with Gasteiger partial charge in [0.15, 0.2) is 0 Å². The third-order valence-corrected chi connectivity index (χ3v) is 3.86. The predicted molar refractivity (Wildman–Crippen MR) is 78.3 cm³/mol. The molecule has 2 aromatic carbocycles. The monoisotopic (exact) mass is 315 g/mol. The molecule has 0 saturated carbocycles. The molecule has 1 N–H and O–H groups in total. The number of benzene rings is 2. The third kappa shape index (κ3) is 3.29. The van der Waals surface area contributed by atoms with Crippen LogP contribution in [0.4, 0.5) is 8.78 Å². The summed E-state index contributed by atoms with van der Waals surface area (Å²) in [6.45, 7) is 0. The Bertz CT molecular complexity index is 597. The first-order valence-corrected chi connectivity index (χ1v) is 6.83. The molecule has 1 unspecified atom stereocenters. The fourth-order valence-electron chi connectivity index (χ4n) is 2.08. The Balaban J connectivity index is 2.34. The highest BCUT2D eigenvalue weighted by molar-refractivity contribution is 6.36. The molecule has 1 nitrogen and oxygen atoms in total. The summed E-state index contributed by atoms with van der Waals surface area (Å²) in [5.41, 5.74) is 1.11. The molecule has 2 aromatic rings. The van der Waals surface area contributed by atoms with Crippen LogP contribution in [0.25, 0.3) is 0 Å². The molecule has 1 atom stereocenters. The Hall–Kier alpha value is -1.16. The molecule has 0 aliphatic heterocycles. The maximum atomic E-state index is 13.8. The largest absolute Gasteiger partial charge is 0.313 e. The number of hydrogen-bond donors (Lipinski definition) is 1. The SMILES string of the molecule is CNC(Cc1c(Cl)cccc1Cl)c1ccc(F)cc1F. The summed E-state index contributed by atoms with van der Waals surface area (Å²) < 4.78 is 26.8. The average Bonchev–Trinajstić information content (AvgIpc) is 2.40. The predicted octanol–water partition coefficient (Wildman–Crippen LogP) is 4.77. The van der Waals surface area contributed by atoms with Crippen LogP contribution in [0.1, 0.15) is 17.2 Å². The van der Waals surface area contributed by atoms with Crippen molar-refractivity contribution < 1.29 is 8.78 Å². The standard InChI is InChI=1S/C15H13Cl2F2N/c1-20-15(10-6-5-9(18)7-14(10)19)8-11-12(16)3-2-4-13(11)17/h2-7,15,20H,8H2,1H3. The first-order valence-electron chi connectivity index (χ1n) is 6.08. The van der Waals surface area contributed by atoms with Gasteiger partial charge < -0.3 is 5.32 Å². The number of hydrogen-bond acceptors (Lipinski definition) is 1. The summed E-state index contributed by atoms with van der Waals surface area (Å²) >= 11 is 12.2. The summed E-state index contributed by atoms with van der Waals surface area (Å²) in [6, 6.07) is 8.41. The van der Waals surface area contributed by atoms with Gasteiger partial charge in [0.1, 0.15) is 11.6 Å². The minimum Gasteiger partial charge on any atom is -0.313 e. The van der Waals surface area contributed by atoms with Crippen LogP contribution in [-0.4, -0.2) is 7.05 Å². The number of nitrogens with one attached hydrogen (secondary N) is 1. The Labute approximate surface area is 126 Å². The second kappa shape index (κ2) is 6.53. The molecule has 0 fully saturated rings. The van der Waals surface area contributed by atoms with E-state index in [1.165, 1.54) is 12.1 Å². The molecule has 0 aromatic heterocycles. The van der Waals surface area contributed by atoms with Gasteiger partial charge in [0.25, 0.3) is 0 Å². The molecule has 0 aliphatic rings. The minimum atomic E-state index is -0.600. The van der Waals surface area contributed by atoms with Crippen molar-refractivity contribution in [3.05, 3.63) is 69.2 Å². The molecule has 0 radical (unpaired) electrons. The van der Waals surface area contributed by atoms with Crippen LogP contribution in [0, 0.1) is 11.6 Å². The molecule has 20 heavy (non-hydrogen) atoms. The summed E-state index contributed by atoms with van der Waals surface area (Å²) in [4.78, 5) is 0. The maximum absolute atomic E-state index is 13.8. The Morgan fingerprint density at radius 1 is 1.10 bits per heavy atom. The van der Waals surface area contributed by atoms with Gasteiger partial charge in [-0.1, -0.05) is 35.3 Å². The zero-order chi connectivity index (χ0) is 14.7. The second-order valence-electron chi connectivity index (χ2n) is 4.41. The van der Waals surface area contributed by atoms with Crippen molar-refractivity contribution in [2.24, 2.45) is 0 Å². The van der Waals surface area contributed by atoms with E-state index in [2.05, 4.69) is 5.32 Å². The van der Waals surface area contributed by atoms with Gasteiger partial charge in [-0.15, -0.1) is 0 Å². The van der Waals surface area contributed by atoms with E-state index >= 15 is 0 Å². The van der Waals surface area contributed by atoms with Crippen LogP contribution < -0.4 is 5.32 Å². The number of rotatable bonds is 4. The molecule has 0 amide bonds. The second-order valence-corrected chi connectivity index (χ2v) is 5.23. The van der Waals surface area contributed by atoms with E-state index in [1.807, 2.05) is 0 Å². The van der Waals surface area contributed by atoms with Crippen LogP contribution in [-0.2, 0) is 6.42 Å². The van der Waals surface area contributed by atoms with E-state index in [4.69, 9.17) is 23.2 Å². The molecule has 0 aliphatic carbocycles. The van der Waals surface area contributed by atoms with Gasteiger partial charge in [-0.2, -0.15) is 0 Å². The summed E-state index contributed by atoms with van der Waals surface area (Å²) in [5, 5.41) is 4.06. The van der Waals surface area contributed by atoms with E-state index in [0.29, 0.717) is 22.0 Å². The average molecular weight is 316 g/mol. The van der Waals surface area contributed by atoms with E-state index in [0.717, 1.165) is 11.6 Å². The topological polar surface area (TPSA) is 12.0 Å². The lowest BCUT2D eigenvalue weighted by atomic mass is 9.98. The molecule has 0 bridgehead atoms. The lowest BCUT2D eigenvalue weighted by Crippen LogP contribution is -2.20. The zero-order valence-corrected chi connectivity index (χ0v) is 12.3. The van der Waals surface area contributed by atoms with Crippen LogP contribution in [0.15, 0.2) is 36.4 Å². The van der Waals surface area contributed by atoms with Crippen molar-refractivity contribution >= 4 is 23.2 Å². The van der Waals surface area contributed by atoms with Gasteiger partial charge in [0.05, 0.1) is 0 Å². The molecular weight excluding hydrogens is 303 g/mol. The van der Waals surface area contributed by atoms with Gasteiger partial charge in [0, 0.05) is 27.7 Å². The van der Waals surface area contributed by atoms with Crippen molar-refractivity contribution in [3.8, 4) is 0 Å². The van der Waals surface area contributed by atoms with Gasteiger partial charge in [0.2, 0.25) is 0 Å². The highest BCUT2D eigenvalue weighted by atomic mass is 35.5. The normalized spacial score (nSPS) is 12.4.